The zero-order chi connectivity index (χ0) is 18.6. The number of fused-ring (bicyclic) bond motifs is 1. The second-order valence-electron chi connectivity index (χ2n) is 7.02. The molecule has 1 saturated heterocycles. The lowest BCUT2D eigenvalue weighted by Gasteiger charge is -2.23. The van der Waals surface area contributed by atoms with Crippen molar-refractivity contribution in [2.24, 2.45) is 0 Å². The molecule has 1 amide bonds. The van der Waals surface area contributed by atoms with Crippen molar-refractivity contribution in [3.63, 3.8) is 0 Å². The second-order valence-corrected chi connectivity index (χ2v) is 7.02. The van der Waals surface area contributed by atoms with Gasteiger partial charge in [-0.25, -0.2) is 0 Å². The number of carbonyl (C=O) groups excluding carboxylic acids is 1. The number of pyridine rings is 1. The molecule has 4 heteroatoms. The highest BCUT2D eigenvalue weighted by Gasteiger charge is 2.32. The molecule has 2 heterocycles. The van der Waals surface area contributed by atoms with Gasteiger partial charge < -0.3 is 9.64 Å². The Hall–Kier alpha value is -2.88. The highest BCUT2D eigenvalue weighted by atomic mass is 16.5. The lowest BCUT2D eigenvalue weighted by molar-refractivity contribution is -0.132. The fraction of sp³-hybridized carbons (Fsp3) is 0.304. The van der Waals surface area contributed by atoms with E-state index < -0.39 is 0 Å². The van der Waals surface area contributed by atoms with E-state index >= 15 is 0 Å². The molecular weight excluding hydrogens is 336 g/mol. The molecule has 138 valence electrons. The lowest BCUT2D eigenvalue weighted by Crippen LogP contribution is -2.34. The van der Waals surface area contributed by atoms with Crippen LogP contribution in [0.3, 0.4) is 0 Å². The van der Waals surface area contributed by atoms with Gasteiger partial charge in [0.1, 0.15) is 17.4 Å². The van der Waals surface area contributed by atoms with Crippen molar-refractivity contribution in [2.75, 3.05) is 13.1 Å². The molecule has 0 spiro atoms. The summed E-state index contributed by atoms with van der Waals surface area (Å²) in [7, 11) is 0. The SMILES string of the molecule is CC[C@@H](C(=O)N1CC[C@@H](Oc2cccc3cccnc23)C1)c1ccccc1. The lowest BCUT2D eigenvalue weighted by atomic mass is 9.95. The fourth-order valence-corrected chi connectivity index (χ4v) is 3.83. The first-order chi connectivity index (χ1) is 13.3. The van der Waals surface area contributed by atoms with Crippen LogP contribution < -0.4 is 4.74 Å². The summed E-state index contributed by atoms with van der Waals surface area (Å²) in [6.45, 7) is 3.44. The third kappa shape index (κ3) is 3.65. The fourth-order valence-electron chi connectivity index (χ4n) is 3.83. The Balaban J connectivity index is 1.46. The van der Waals surface area contributed by atoms with E-state index in [1.54, 1.807) is 6.20 Å². The van der Waals surface area contributed by atoms with Gasteiger partial charge in [0.25, 0.3) is 0 Å². The van der Waals surface area contributed by atoms with Gasteiger partial charge in [0.15, 0.2) is 0 Å². The van der Waals surface area contributed by atoms with Crippen LogP contribution in [0.4, 0.5) is 0 Å². The van der Waals surface area contributed by atoms with Crippen molar-refractivity contribution < 1.29 is 9.53 Å². The molecule has 1 aliphatic rings. The predicted molar refractivity (Wildman–Crippen MR) is 107 cm³/mol. The van der Waals surface area contributed by atoms with Crippen LogP contribution in [0.15, 0.2) is 66.9 Å². The van der Waals surface area contributed by atoms with E-state index in [1.165, 1.54) is 0 Å². The first-order valence-corrected chi connectivity index (χ1v) is 9.60. The summed E-state index contributed by atoms with van der Waals surface area (Å²) in [6.07, 6.45) is 3.44. The second kappa shape index (κ2) is 7.78. The number of likely N-dealkylation sites (tertiary alicyclic amines) is 1. The summed E-state index contributed by atoms with van der Waals surface area (Å²) in [5, 5.41) is 1.07. The van der Waals surface area contributed by atoms with Crippen LogP contribution in [0.25, 0.3) is 10.9 Å². The predicted octanol–water partition coefficient (Wildman–Crippen LogP) is 4.41. The molecule has 0 radical (unpaired) electrons. The quantitative estimate of drug-likeness (QED) is 0.677. The Morgan fingerprint density at radius 2 is 1.96 bits per heavy atom. The molecule has 4 rings (SSSR count). The van der Waals surface area contributed by atoms with E-state index in [4.69, 9.17) is 4.74 Å². The Bertz CT molecular complexity index is 921. The minimum Gasteiger partial charge on any atom is -0.486 e. The monoisotopic (exact) mass is 360 g/mol. The Labute approximate surface area is 159 Å². The highest BCUT2D eigenvalue weighted by molar-refractivity contribution is 5.85. The zero-order valence-electron chi connectivity index (χ0n) is 15.5. The average molecular weight is 360 g/mol. The van der Waals surface area contributed by atoms with Gasteiger partial charge in [-0.1, -0.05) is 55.5 Å². The van der Waals surface area contributed by atoms with Crippen LogP contribution in [0.5, 0.6) is 5.75 Å². The topological polar surface area (TPSA) is 42.4 Å². The molecule has 2 aromatic carbocycles. The van der Waals surface area contributed by atoms with Crippen molar-refractivity contribution in [3.05, 3.63) is 72.4 Å². The van der Waals surface area contributed by atoms with E-state index in [1.807, 2.05) is 65.6 Å². The van der Waals surface area contributed by atoms with E-state index in [-0.39, 0.29) is 17.9 Å². The third-order valence-electron chi connectivity index (χ3n) is 5.25. The number of nitrogens with zero attached hydrogens (tertiary/aromatic N) is 2. The standard InChI is InChI=1S/C23H24N2O2/c1-2-20(17-8-4-3-5-9-17)23(26)25-15-13-19(16-25)27-21-12-6-10-18-11-7-14-24-22(18)21/h3-12,14,19-20H,2,13,15-16H2,1H3/t19-,20-/m1/s1. The summed E-state index contributed by atoms with van der Waals surface area (Å²) in [5.41, 5.74) is 1.97. The minimum absolute atomic E-state index is 0.00911. The van der Waals surface area contributed by atoms with E-state index in [9.17, 15) is 4.79 Å². The molecule has 2 atom stereocenters. The van der Waals surface area contributed by atoms with Crippen LogP contribution in [0.2, 0.25) is 0 Å². The molecule has 1 fully saturated rings. The van der Waals surface area contributed by atoms with Crippen molar-refractivity contribution in [1.82, 2.24) is 9.88 Å². The van der Waals surface area contributed by atoms with Crippen LogP contribution in [0.1, 0.15) is 31.2 Å². The Kier molecular flexibility index (Phi) is 5.05. The first kappa shape index (κ1) is 17.5. The average Bonchev–Trinajstić information content (AvgIpc) is 3.18. The minimum atomic E-state index is -0.0795. The van der Waals surface area contributed by atoms with Gasteiger partial charge in [-0.15, -0.1) is 0 Å². The van der Waals surface area contributed by atoms with Gasteiger partial charge in [0.05, 0.1) is 12.5 Å². The van der Waals surface area contributed by atoms with Crippen molar-refractivity contribution in [3.8, 4) is 5.75 Å². The van der Waals surface area contributed by atoms with Crippen molar-refractivity contribution in [1.29, 1.82) is 0 Å². The molecule has 0 N–H and O–H groups in total. The summed E-state index contributed by atoms with van der Waals surface area (Å²) in [4.78, 5) is 19.4. The van der Waals surface area contributed by atoms with Crippen LogP contribution in [-0.2, 0) is 4.79 Å². The maximum Gasteiger partial charge on any atom is 0.230 e. The van der Waals surface area contributed by atoms with Crippen molar-refractivity contribution >= 4 is 16.8 Å². The van der Waals surface area contributed by atoms with Crippen LogP contribution in [-0.4, -0.2) is 35.0 Å². The summed E-state index contributed by atoms with van der Waals surface area (Å²) < 4.78 is 6.23. The number of amides is 1. The van der Waals surface area contributed by atoms with E-state index in [2.05, 4.69) is 11.9 Å². The number of hydrogen-bond donors (Lipinski definition) is 0. The van der Waals surface area contributed by atoms with Gasteiger partial charge in [0.2, 0.25) is 5.91 Å². The number of aromatic nitrogens is 1. The number of para-hydroxylation sites is 1. The highest BCUT2D eigenvalue weighted by Crippen LogP contribution is 2.28. The van der Waals surface area contributed by atoms with Gasteiger partial charge in [-0.05, 0) is 24.1 Å². The van der Waals surface area contributed by atoms with Gasteiger partial charge in [-0.3, -0.25) is 9.78 Å². The molecule has 27 heavy (non-hydrogen) atoms. The number of benzene rings is 2. The van der Waals surface area contributed by atoms with Gasteiger partial charge in [-0.2, -0.15) is 0 Å². The normalized spacial score (nSPS) is 17.8. The first-order valence-electron chi connectivity index (χ1n) is 9.60. The summed E-state index contributed by atoms with van der Waals surface area (Å²) in [6, 6.07) is 20.0. The maximum absolute atomic E-state index is 13.0. The molecule has 1 aliphatic heterocycles. The van der Waals surface area contributed by atoms with Gasteiger partial charge >= 0.3 is 0 Å². The Morgan fingerprint density at radius 3 is 2.78 bits per heavy atom. The molecule has 1 aromatic heterocycles. The third-order valence-corrected chi connectivity index (χ3v) is 5.25. The smallest absolute Gasteiger partial charge is 0.230 e. The molecule has 0 saturated carbocycles. The summed E-state index contributed by atoms with van der Waals surface area (Å²) >= 11 is 0. The zero-order valence-corrected chi connectivity index (χ0v) is 15.5. The van der Waals surface area contributed by atoms with Crippen LogP contribution in [0, 0.1) is 0 Å². The number of hydrogen-bond acceptors (Lipinski definition) is 3. The molecule has 0 unspecified atom stereocenters. The molecular formula is C23H24N2O2. The Morgan fingerprint density at radius 1 is 1.15 bits per heavy atom. The number of ether oxygens (including phenoxy) is 1. The largest absolute Gasteiger partial charge is 0.486 e. The maximum atomic E-state index is 13.0. The molecule has 4 nitrogen and oxygen atoms in total. The summed E-state index contributed by atoms with van der Waals surface area (Å²) in [5.74, 6) is 0.914. The van der Waals surface area contributed by atoms with Gasteiger partial charge in [0, 0.05) is 24.5 Å². The molecule has 0 bridgehead atoms. The number of carbonyl (C=O) groups is 1. The van der Waals surface area contributed by atoms with E-state index in [0.29, 0.717) is 6.54 Å². The van der Waals surface area contributed by atoms with Crippen LogP contribution >= 0.6 is 0 Å². The molecule has 0 aliphatic carbocycles. The van der Waals surface area contributed by atoms with Crippen molar-refractivity contribution in [2.45, 2.75) is 31.8 Å². The number of rotatable bonds is 5. The molecule has 3 aromatic rings. The van der Waals surface area contributed by atoms with E-state index in [0.717, 1.165) is 41.6 Å².